The van der Waals surface area contributed by atoms with Gasteiger partial charge in [-0.05, 0) is 5.56 Å². The molecule has 0 saturated carbocycles. The molecule has 0 N–H and O–H groups in total. The third kappa shape index (κ3) is 1.96. The molecule has 2 aliphatic rings. The lowest BCUT2D eigenvalue weighted by Crippen LogP contribution is -2.64. The lowest BCUT2D eigenvalue weighted by Gasteiger charge is -2.51. The molecule has 2 heterocycles. The Hall–Kier alpha value is -0.910. The molecule has 0 radical (unpaired) electrons. The Balaban J connectivity index is 1.95. The van der Waals surface area contributed by atoms with Gasteiger partial charge in [-0.3, -0.25) is 4.90 Å². The van der Waals surface area contributed by atoms with Gasteiger partial charge in [0.25, 0.3) is 0 Å². The van der Waals surface area contributed by atoms with Gasteiger partial charge < -0.3 is 4.74 Å². The molecule has 2 fully saturated rings. The summed E-state index contributed by atoms with van der Waals surface area (Å²) in [5.41, 5.74) is 0.797. The highest BCUT2D eigenvalue weighted by molar-refractivity contribution is 7.93. The summed E-state index contributed by atoms with van der Waals surface area (Å²) >= 11 is 0. The molecule has 2 saturated heterocycles. The molecule has 0 spiro atoms. The quantitative estimate of drug-likeness (QED) is 0.789. The van der Waals surface area contributed by atoms with Crippen LogP contribution < -0.4 is 0 Å². The minimum atomic E-state index is -2.87. The minimum absolute atomic E-state index is 0.240. The lowest BCUT2D eigenvalue weighted by molar-refractivity contribution is -0.0144. The molecule has 18 heavy (non-hydrogen) atoms. The molecule has 1 aromatic carbocycles. The van der Waals surface area contributed by atoms with Crippen molar-refractivity contribution in [2.75, 3.05) is 37.8 Å². The maximum absolute atomic E-state index is 11.7. The third-order valence-electron chi connectivity index (χ3n) is 3.84. The largest absolute Gasteiger partial charge is 0.379 e. The summed E-state index contributed by atoms with van der Waals surface area (Å²) in [6.07, 6.45) is 0. The van der Waals surface area contributed by atoms with Gasteiger partial charge in [-0.25, -0.2) is 8.42 Å². The molecule has 0 bridgehead atoms. The second-order valence-corrected chi connectivity index (χ2v) is 7.09. The smallest absolute Gasteiger partial charge is 0.154 e. The number of rotatable bonds is 2. The molecule has 0 aromatic heterocycles. The van der Waals surface area contributed by atoms with Gasteiger partial charge in [0.1, 0.15) is 0 Å². The zero-order valence-electron chi connectivity index (χ0n) is 10.2. The Morgan fingerprint density at radius 2 is 1.67 bits per heavy atom. The number of morpholine rings is 1. The molecule has 2 aliphatic heterocycles. The Bertz CT molecular complexity index is 508. The monoisotopic (exact) mass is 267 g/mol. The Morgan fingerprint density at radius 3 is 2.22 bits per heavy atom. The summed E-state index contributed by atoms with van der Waals surface area (Å²) in [7, 11) is -2.87. The molecule has 98 valence electrons. The van der Waals surface area contributed by atoms with Crippen molar-refractivity contribution in [3.63, 3.8) is 0 Å². The SMILES string of the molecule is O=S1(=O)CC(c2ccccc2)(N2CCOCC2)C1. The van der Waals surface area contributed by atoms with Crippen molar-refractivity contribution >= 4 is 9.84 Å². The van der Waals surface area contributed by atoms with E-state index >= 15 is 0 Å². The summed E-state index contributed by atoms with van der Waals surface area (Å²) in [5, 5.41) is 0. The van der Waals surface area contributed by atoms with Gasteiger partial charge in [0.15, 0.2) is 9.84 Å². The molecule has 0 amide bonds. The van der Waals surface area contributed by atoms with E-state index in [1.54, 1.807) is 0 Å². The number of hydrogen-bond acceptors (Lipinski definition) is 4. The van der Waals surface area contributed by atoms with E-state index in [-0.39, 0.29) is 17.0 Å². The van der Waals surface area contributed by atoms with Crippen LogP contribution in [-0.2, 0) is 20.1 Å². The van der Waals surface area contributed by atoms with Crippen molar-refractivity contribution in [3.8, 4) is 0 Å². The van der Waals surface area contributed by atoms with Crippen LogP contribution in [0.2, 0.25) is 0 Å². The van der Waals surface area contributed by atoms with Crippen LogP contribution in [0.5, 0.6) is 0 Å². The first-order chi connectivity index (χ1) is 8.62. The summed E-state index contributed by atoms with van der Waals surface area (Å²) in [6, 6.07) is 9.98. The van der Waals surface area contributed by atoms with E-state index < -0.39 is 9.84 Å². The van der Waals surface area contributed by atoms with E-state index in [4.69, 9.17) is 4.74 Å². The van der Waals surface area contributed by atoms with Crippen molar-refractivity contribution in [2.24, 2.45) is 0 Å². The number of sulfone groups is 1. The van der Waals surface area contributed by atoms with Gasteiger partial charge in [-0.15, -0.1) is 0 Å². The second kappa shape index (κ2) is 4.33. The van der Waals surface area contributed by atoms with Crippen LogP contribution in [0, 0.1) is 0 Å². The van der Waals surface area contributed by atoms with E-state index in [0.717, 1.165) is 18.7 Å². The Kier molecular flexibility index (Phi) is 2.92. The van der Waals surface area contributed by atoms with Gasteiger partial charge in [0.2, 0.25) is 0 Å². The normalized spacial score (nSPS) is 26.4. The third-order valence-corrected chi connectivity index (χ3v) is 5.68. The number of ether oxygens (including phenoxy) is 1. The molecule has 5 heteroatoms. The predicted molar refractivity (Wildman–Crippen MR) is 69.2 cm³/mol. The van der Waals surface area contributed by atoms with Crippen molar-refractivity contribution in [1.29, 1.82) is 0 Å². The van der Waals surface area contributed by atoms with Gasteiger partial charge in [0.05, 0.1) is 30.3 Å². The predicted octanol–water partition coefficient (Wildman–Crippen LogP) is 0.643. The van der Waals surface area contributed by atoms with Crippen LogP contribution in [0.4, 0.5) is 0 Å². The van der Waals surface area contributed by atoms with Gasteiger partial charge >= 0.3 is 0 Å². The van der Waals surface area contributed by atoms with E-state index in [0.29, 0.717) is 13.2 Å². The van der Waals surface area contributed by atoms with Gasteiger partial charge in [-0.1, -0.05) is 30.3 Å². The second-order valence-electron chi connectivity index (χ2n) is 5.03. The van der Waals surface area contributed by atoms with Crippen molar-refractivity contribution in [1.82, 2.24) is 4.90 Å². The van der Waals surface area contributed by atoms with Crippen LogP contribution in [0.25, 0.3) is 0 Å². The van der Waals surface area contributed by atoms with Crippen molar-refractivity contribution < 1.29 is 13.2 Å². The number of benzene rings is 1. The highest BCUT2D eigenvalue weighted by Crippen LogP contribution is 2.40. The first-order valence-corrected chi connectivity index (χ1v) is 8.03. The first-order valence-electron chi connectivity index (χ1n) is 6.21. The molecule has 1 aromatic rings. The van der Waals surface area contributed by atoms with Crippen molar-refractivity contribution in [2.45, 2.75) is 5.54 Å². The molecule has 0 unspecified atom stereocenters. The van der Waals surface area contributed by atoms with Gasteiger partial charge in [0, 0.05) is 13.1 Å². The topological polar surface area (TPSA) is 46.6 Å². The summed E-state index contributed by atoms with van der Waals surface area (Å²) in [5.74, 6) is 0.480. The van der Waals surface area contributed by atoms with Crippen LogP contribution in [-0.4, -0.2) is 51.1 Å². The molecular formula is C13H17NO3S. The minimum Gasteiger partial charge on any atom is -0.379 e. The highest BCUT2D eigenvalue weighted by atomic mass is 32.2. The number of hydrogen-bond donors (Lipinski definition) is 0. The van der Waals surface area contributed by atoms with E-state index in [2.05, 4.69) is 4.90 Å². The molecular weight excluding hydrogens is 250 g/mol. The van der Waals surface area contributed by atoms with Crippen LogP contribution in [0.3, 0.4) is 0 Å². The number of nitrogens with zero attached hydrogens (tertiary/aromatic N) is 1. The van der Waals surface area contributed by atoms with Crippen LogP contribution in [0.1, 0.15) is 5.56 Å². The van der Waals surface area contributed by atoms with E-state index in [9.17, 15) is 8.42 Å². The Labute approximate surface area is 107 Å². The molecule has 4 nitrogen and oxygen atoms in total. The average molecular weight is 267 g/mol. The lowest BCUT2D eigenvalue weighted by atomic mass is 9.90. The maximum atomic E-state index is 11.7. The zero-order chi connectivity index (χ0) is 12.6. The average Bonchev–Trinajstić information content (AvgIpc) is 2.37. The highest BCUT2D eigenvalue weighted by Gasteiger charge is 2.53. The molecule has 3 rings (SSSR count). The fourth-order valence-corrected chi connectivity index (χ4v) is 5.03. The van der Waals surface area contributed by atoms with Gasteiger partial charge in [-0.2, -0.15) is 0 Å². The Morgan fingerprint density at radius 1 is 1.06 bits per heavy atom. The maximum Gasteiger partial charge on any atom is 0.154 e. The van der Waals surface area contributed by atoms with Crippen LogP contribution >= 0.6 is 0 Å². The van der Waals surface area contributed by atoms with Crippen LogP contribution in [0.15, 0.2) is 30.3 Å². The zero-order valence-corrected chi connectivity index (χ0v) is 11.0. The van der Waals surface area contributed by atoms with Crippen molar-refractivity contribution in [3.05, 3.63) is 35.9 Å². The van der Waals surface area contributed by atoms with E-state index in [1.165, 1.54) is 0 Å². The van der Waals surface area contributed by atoms with E-state index in [1.807, 2.05) is 30.3 Å². The summed E-state index contributed by atoms with van der Waals surface area (Å²) in [6.45, 7) is 3.00. The first kappa shape index (κ1) is 12.1. The fourth-order valence-electron chi connectivity index (χ4n) is 2.96. The molecule has 0 atom stereocenters. The summed E-state index contributed by atoms with van der Waals surface area (Å²) < 4.78 is 28.7. The molecule has 0 aliphatic carbocycles. The summed E-state index contributed by atoms with van der Waals surface area (Å²) in [4.78, 5) is 2.27. The fraction of sp³-hybridized carbons (Fsp3) is 0.538. The standard InChI is InChI=1S/C13H17NO3S/c15-18(16)10-13(11-18,12-4-2-1-3-5-12)14-6-8-17-9-7-14/h1-5H,6-11H2.